The standard InChI is InChI=1S/C22H31N/c1-18(2)15-19-9-8-10-20(16-19)17-22(13-14-23(3)4)21-11-6-5-7-12-21/h5-12,16,18,22H,13-15,17H2,1-4H3. The molecule has 0 amide bonds. The van der Waals surface area contributed by atoms with E-state index in [-0.39, 0.29) is 0 Å². The third kappa shape index (κ3) is 6.19. The minimum atomic E-state index is 0.591. The Labute approximate surface area is 142 Å². The van der Waals surface area contributed by atoms with Crippen molar-refractivity contribution in [3.05, 3.63) is 71.3 Å². The largest absolute Gasteiger partial charge is 0.309 e. The molecule has 0 saturated carbocycles. The van der Waals surface area contributed by atoms with Gasteiger partial charge in [-0.2, -0.15) is 0 Å². The molecular formula is C22H31N. The summed E-state index contributed by atoms with van der Waals surface area (Å²) in [4.78, 5) is 2.28. The van der Waals surface area contributed by atoms with Crippen LogP contribution in [0.25, 0.3) is 0 Å². The Balaban J connectivity index is 2.13. The summed E-state index contributed by atoms with van der Waals surface area (Å²) in [5.74, 6) is 1.30. The van der Waals surface area contributed by atoms with Gasteiger partial charge in [-0.3, -0.25) is 0 Å². The van der Waals surface area contributed by atoms with Gasteiger partial charge in [0.2, 0.25) is 0 Å². The van der Waals surface area contributed by atoms with Gasteiger partial charge in [-0.25, -0.2) is 0 Å². The third-order valence-electron chi connectivity index (χ3n) is 4.31. The molecule has 0 aliphatic carbocycles. The zero-order chi connectivity index (χ0) is 16.7. The average molecular weight is 309 g/mol. The van der Waals surface area contributed by atoms with Gasteiger partial charge in [-0.05, 0) is 68.4 Å². The summed E-state index contributed by atoms with van der Waals surface area (Å²) in [5, 5.41) is 0. The van der Waals surface area contributed by atoms with Crippen LogP contribution in [-0.2, 0) is 12.8 Å². The molecule has 0 bridgehead atoms. The summed E-state index contributed by atoms with van der Waals surface area (Å²) in [5.41, 5.74) is 4.40. The van der Waals surface area contributed by atoms with E-state index in [0.717, 1.165) is 13.0 Å². The van der Waals surface area contributed by atoms with Crippen LogP contribution in [0.4, 0.5) is 0 Å². The van der Waals surface area contributed by atoms with Gasteiger partial charge < -0.3 is 4.90 Å². The Hall–Kier alpha value is -1.60. The van der Waals surface area contributed by atoms with Crippen LogP contribution in [0.5, 0.6) is 0 Å². The molecule has 1 atom stereocenters. The lowest BCUT2D eigenvalue weighted by atomic mass is 9.88. The highest BCUT2D eigenvalue weighted by molar-refractivity contribution is 5.28. The van der Waals surface area contributed by atoms with E-state index in [9.17, 15) is 0 Å². The van der Waals surface area contributed by atoms with Gasteiger partial charge >= 0.3 is 0 Å². The Morgan fingerprint density at radius 1 is 0.826 bits per heavy atom. The van der Waals surface area contributed by atoms with Crippen LogP contribution in [0.3, 0.4) is 0 Å². The van der Waals surface area contributed by atoms with E-state index in [2.05, 4.69) is 87.4 Å². The molecule has 2 aromatic carbocycles. The molecule has 23 heavy (non-hydrogen) atoms. The van der Waals surface area contributed by atoms with E-state index in [0.29, 0.717) is 11.8 Å². The van der Waals surface area contributed by atoms with E-state index in [4.69, 9.17) is 0 Å². The summed E-state index contributed by atoms with van der Waals surface area (Å²) < 4.78 is 0. The van der Waals surface area contributed by atoms with Crippen molar-refractivity contribution in [2.45, 2.75) is 39.0 Å². The van der Waals surface area contributed by atoms with Crippen LogP contribution in [0.2, 0.25) is 0 Å². The lowest BCUT2D eigenvalue weighted by molar-refractivity contribution is 0.380. The Morgan fingerprint density at radius 3 is 2.09 bits per heavy atom. The second-order valence-electron chi connectivity index (χ2n) is 7.32. The molecule has 1 heteroatoms. The van der Waals surface area contributed by atoms with Gasteiger partial charge in [-0.1, -0.05) is 68.4 Å². The average Bonchev–Trinajstić information content (AvgIpc) is 2.52. The van der Waals surface area contributed by atoms with E-state index in [1.807, 2.05) is 0 Å². The predicted molar refractivity (Wildman–Crippen MR) is 101 cm³/mol. The first-order valence-electron chi connectivity index (χ1n) is 8.82. The first-order valence-corrected chi connectivity index (χ1v) is 8.82. The molecule has 0 N–H and O–H groups in total. The van der Waals surface area contributed by atoms with Gasteiger partial charge in [0.25, 0.3) is 0 Å². The normalized spacial score (nSPS) is 12.8. The molecule has 2 rings (SSSR count). The minimum absolute atomic E-state index is 0.591. The maximum absolute atomic E-state index is 2.41. The fraction of sp³-hybridized carbons (Fsp3) is 0.455. The molecule has 0 heterocycles. The van der Waals surface area contributed by atoms with Crippen molar-refractivity contribution in [3.63, 3.8) is 0 Å². The van der Waals surface area contributed by atoms with Crippen LogP contribution in [0.15, 0.2) is 54.6 Å². The summed E-state index contributed by atoms with van der Waals surface area (Å²) in [6.45, 7) is 5.71. The highest BCUT2D eigenvalue weighted by Crippen LogP contribution is 2.25. The van der Waals surface area contributed by atoms with Crippen molar-refractivity contribution < 1.29 is 0 Å². The molecule has 0 aromatic heterocycles. The lowest BCUT2D eigenvalue weighted by Gasteiger charge is -2.20. The van der Waals surface area contributed by atoms with Crippen LogP contribution < -0.4 is 0 Å². The highest BCUT2D eigenvalue weighted by atomic mass is 15.0. The number of rotatable bonds is 8. The zero-order valence-corrected chi connectivity index (χ0v) is 15.1. The van der Waals surface area contributed by atoms with E-state index < -0.39 is 0 Å². The van der Waals surface area contributed by atoms with E-state index >= 15 is 0 Å². The zero-order valence-electron chi connectivity index (χ0n) is 15.1. The van der Waals surface area contributed by atoms with Crippen molar-refractivity contribution in [3.8, 4) is 0 Å². The molecular weight excluding hydrogens is 278 g/mol. The molecule has 0 saturated heterocycles. The first-order chi connectivity index (χ1) is 11.0. The van der Waals surface area contributed by atoms with Crippen molar-refractivity contribution in [1.82, 2.24) is 4.90 Å². The number of hydrogen-bond donors (Lipinski definition) is 0. The van der Waals surface area contributed by atoms with Gasteiger partial charge in [0.15, 0.2) is 0 Å². The maximum atomic E-state index is 2.41. The Bertz CT molecular complexity index is 572. The molecule has 124 valence electrons. The lowest BCUT2D eigenvalue weighted by Crippen LogP contribution is -2.17. The van der Waals surface area contributed by atoms with Gasteiger partial charge in [0, 0.05) is 0 Å². The van der Waals surface area contributed by atoms with E-state index in [1.165, 1.54) is 29.5 Å². The monoisotopic (exact) mass is 309 g/mol. The van der Waals surface area contributed by atoms with Gasteiger partial charge in [0.05, 0.1) is 0 Å². The van der Waals surface area contributed by atoms with Gasteiger partial charge in [-0.15, -0.1) is 0 Å². The number of benzene rings is 2. The fourth-order valence-electron chi connectivity index (χ4n) is 3.17. The van der Waals surface area contributed by atoms with Crippen molar-refractivity contribution >= 4 is 0 Å². The summed E-state index contributed by atoms with van der Waals surface area (Å²) in [6.07, 6.45) is 3.50. The Morgan fingerprint density at radius 2 is 1.48 bits per heavy atom. The second kappa shape index (κ2) is 8.88. The molecule has 1 unspecified atom stereocenters. The molecule has 0 aliphatic rings. The Kier molecular flexibility index (Phi) is 6.85. The highest BCUT2D eigenvalue weighted by Gasteiger charge is 2.13. The fourth-order valence-corrected chi connectivity index (χ4v) is 3.17. The number of hydrogen-bond acceptors (Lipinski definition) is 1. The maximum Gasteiger partial charge on any atom is -0.00189 e. The quantitative estimate of drug-likeness (QED) is 0.651. The van der Waals surface area contributed by atoms with Crippen LogP contribution in [0.1, 0.15) is 42.9 Å². The van der Waals surface area contributed by atoms with Crippen LogP contribution in [0, 0.1) is 5.92 Å². The topological polar surface area (TPSA) is 3.24 Å². The molecule has 0 aliphatic heterocycles. The van der Waals surface area contributed by atoms with Crippen molar-refractivity contribution in [1.29, 1.82) is 0 Å². The molecule has 0 radical (unpaired) electrons. The molecule has 0 spiro atoms. The summed E-state index contributed by atoms with van der Waals surface area (Å²) in [6, 6.07) is 20.2. The third-order valence-corrected chi connectivity index (χ3v) is 4.31. The van der Waals surface area contributed by atoms with Crippen LogP contribution >= 0.6 is 0 Å². The summed E-state index contributed by atoms with van der Waals surface area (Å²) in [7, 11) is 4.32. The van der Waals surface area contributed by atoms with Gasteiger partial charge in [0.1, 0.15) is 0 Å². The SMILES string of the molecule is CC(C)Cc1cccc(CC(CCN(C)C)c2ccccc2)c1. The molecule has 2 aromatic rings. The summed E-state index contributed by atoms with van der Waals surface area (Å²) >= 11 is 0. The minimum Gasteiger partial charge on any atom is -0.309 e. The smallest absolute Gasteiger partial charge is 0.00189 e. The predicted octanol–water partition coefficient (Wildman–Crippen LogP) is 5.16. The van der Waals surface area contributed by atoms with Crippen LogP contribution in [-0.4, -0.2) is 25.5 Å². The van der Waals surface area contributed by atoms with E-state index in [1.54, 1.807) is 0 Å². The molecule has 0 fully saturated rings. The van der Waals surface area contributed by atoms with Crippen molar-refractivity contribution in [2.75, 3.05) is 20.6 Å². The second-order valence-corrected chi connectivity index (χ2v) is 7.32. The first kappa shape index (κ1) is 17.7. The van der Waals surface area contributed by atoms with Crippen molar-refractivity contribution in [2.24, 2.45) is 5.92 Å². The number of nitrogens with zero attached hydrogens (tertiary/aromatic N) is 1. The molecule has 1 nitrogen and oxygen atoms in total.